The third-order valence-electron chi connectivity index (χ3n) is 3.88. The minimum absolute atomic E-state index is 0.0620. The predicted molar refractivity (Wildman–Crippen MR) is 89.8 cm³/mol. The number of aromatic nitrogens is 5. The lowest BCUT2D eigenvalue weighted by atomic mass is 10.0. The molecular formula is C17H11F3N6. The predicted octanol–water partition coefficient (Wildman–Crippen LogP) is 3.68. The molecule has 0 saturated carbocycles. The highest BCUT2D eigenvalue weighted by Gasteiger charge is 2.34. The third kappa shape index (κ3) is 2.73. The van der Waals surface area contributed by atoms with E-state index >= 15 is 0 Å². The van der Waals surface area contributed by atoms with Gasteiger partial charge < -0.3 is 5.73 Å². The monoisotopic (exact) mass is 356 g/mol. The molecule has 0 saturated heterocycles. The molecule has 4 aromatic rings. The largest absolute Gasteiger partial charge is 0.418 e. The molecule has 130 valence electrons. The number of benzene rings is 2. The standard InChI is InChI=1S/C17H11F3N6/c18-17(19,20)12-7-10(6-11-8-22-24-13(11)12)15-14(23-16(21)26-25-15)9-4-2-1-3-5-9/h1-8H,(H,22,24)(H2,21,23,26). The van der Waals surface area contributed by atoms with Gasteiger partial charge in [-0.2, -0.15) is 18.3 Å². The summed E-state index contributed by atoms with van der Waals surface area (Å²) in [6.07, 6.45) is -3.23. The Kier molecular flexibility index (Phi) is 3.57. The van der Waals surface area contributed by atoms with Gasteiger partial charge in [0.25, 0.3) is 0 Å². The van der Waals surface area contributed by atoms with Crippen LogP contribution in [-0.2, 0) is 6.18 Å². The number of aromatic amines is 1. The molecule has 0 fully saturated rings. The lowest BCUT2D eigenvalue weighted by Crippen LogP contribution is -2.07. The van der Waals surface area contributed by atoms with Crippen LogP contribution >= 0.6 is 0 Å². The molecule has 3 N–H and O–H groups in total. The van der Waals surface area contributed by atoms with Crippen LogP contribution in [0, 0.1) is 0 Å². The molecular weight excluding hydrogens is 345 g/mol. The zero-order chi connectivity index (χ0) is 18.3. The van der Waals surface area contributed by atoms with E-state index in [9.17, 15) is 13.2 Å². The van der Waals surface area contributed by atoms with Gasteiger partial charge in [0.15, 0.2) is 0 Å². The van der Waals surface area contributed by atoms with E-state index < -0.39 is 11.7 Å². The molecule has 4 rings (SSSR count). The number of hydrogen-bond donors (Lipinski definition) is 2. The molecule has 0 aliphatic carbocycles. The van der Waals surface area contributed by atoms with E-state index in [1.54, 1.807) is 30.3 Å². The smallest absolute Gasteiger partial charge is 0.366 e. The van der Waals surface area contributed by atoms with Crippen molar-refractivity contribution < 1.29 is 13.2 Å². The van der Waals surface area contributed by atoms with E-state index in [1.165, 1.54) is 6.20 Å². The Morgan fingerprint density at radius 2 is 1.69 bits per heavy atom. The molecule has 2 aromatic heterocycles. The number of nitrogens with two attached hydrogens (primary N) is 1. The molecule has 0 spiro atoms. The van der Waals surface area contributed by atoms with Crippen LogP contribution < -0.4 is 5.73 Å². The summed E-state index contributed by atoms with van der Waals surface area (Å²) >= 11 is 0. The number of halogens is 3. The maximum atomic E-state index is 13.5. The van der Waals surface area contributed by atoms with Crippen molar-refractivity contribution in [2.75, 3.05) is 5.73 Å². The van der Waals surface area contributed by atoms with Crippen molar-refractivity contribution in [3.05, 3.63) is 54.2 Å². The van der Waals surface area contributed by atoms with Crippen molar-refractivity contribution in [2.24, 2.45) is 0 Å². The fraction of sp³-hybridized carbons (Fsp3) is 0.0588. The Bertz CT molecular complexity index is 1090. The van der Waals surface area contributed by atoms with E-state index in [0.29, 0.717) is 16.6 Å². The number of nitrogens with one attached hydrogen (secondary N) is 1. The van der Waals surface area contributed by atoms with Crippen molar-refractivity contribution in [3.63, 3.8) is 0 Å². The van der Waals surface area contributed by atoms with E-state index in [4.69, 9.17) is 5.73 Å². The first-order valence-electron chi connectivity index (χ1n) is 7.54. The van der Waals surface area contributed by atoms with Crippen LogP contribution in [0.25, 0.3) is 33.4 Å². The summed E-state index contributed by atoms with van der Waals surface area (Å²) in [5.41, 5.74) is 6.18. The van der Waals surface area contributed by atoms with Gasteiger partial charge in [-0.05, 0) is 12.1 Å². The van der Waals surface area contributed by atoms with E-state index in [2.05, 4.69) is 25.4 Å². The molecule has 0 unspecified atom stereocenters. The number of alkyl halides is 3. The Morgan fingerprint density at radius 1 is 0.923 bits per heavy atom. The second-order valence-corrected chi connectivity index (χ2v) is 5.59. The molecule has 0 radical (unpaired) electrons. The average Bonchev–Trinajstić information content (AvgIpc) is 3.09. The van der Waals surface area contributed by atoms with E-state index in [1.807, 2.05) is 6.07 Å². The third-order valence-corrected chi connectivity index (χ3v) is 3.88. The maximum Gasteiger partial charge on any atom is 0.418 e. The lowest BCUT2D eigenvalue weighted by molar-refractivity contribution is -0.136. The van der Waals surface area contributed by atoms with Crippen LogP contribution in [0.5, 0.6) is 0 Å². The zero-order valence-corrected chi connectivity index (χ0v) is 13.1. The van der Waals surface area contributed by atoms with Gasteiger partial charge in [0, 0.05) is 16.5 Å². The number of nitrogen functional groups attached to an aromatic ring is 1. The summed E-state index contributed by atoms with van der Waals surface area (Å²) < 4.78 is 40.4. The molecule has 26 heavy (non-hydrogen) atoms. The topological polar surface area (TPSA) is 93.4 Å². The fourth-order valence-electron chi connectivity index (χ4n) is 2.75. The summed E-state index contributed by atoms with van der Waals surface area (Å²) in [4.78, 5) is 4.18. The Hall–Kier alpha value is -3.49. The SMILES string of the molecule is Nc1nnc(-c2cc(C(F)(F)F)c3[nH]ncc3c2)c(-c2ccccc2)n1. The van der Waals surface area contributed by atoms with Gasteiger partial charge in [0.05, 0.1) is 17.3 Å². The van der Waals surface area contributed by atoms with Gasteiger partial charge in [-0.25, -0.2) is 4.98 Å². The Balaban J connectivity index is 2.00. The summed E-state index contributed by atoms with van der Waals surface area (Å²) in [6, 6.07) is 11.5. The second kappa shape index (κ2) is 5.80. The molecule has 0 aliphatic heterocycles. The van der Waals surface area contributed by atoms with Crippen molar-refractivity contribution in [2.45, 2.75) is 6.18 Å². The number of rotatable bonds is 2. The first-order chi connectivity index (χ1) is 12.4. The molecule has 9 heteroatoms. The molecule has 6 nitrogen and oxygen atoms in total. The van der Waals surface area contributed by atoms with Crippen LogP contribution in [0.2, 0.25) is 0 Å². The number of H-pyrrole nitrogens is 1. The van der Waals surface area contributed by atoms with E-state index in [0.717, 1.165) is 6.07 Å². The summed E-state index contributed by atoms with van der Waals surface area (Å²) in [6.45, 7) is 0. The quantitative estimate of drug-likeness (QED) is 0.571. The van der Waals surface area contributed by atoms with Crippen molar-refractivity contribution in [3.8, 4) is 22.5 Å². The van der Waals surface area contributed by atoms with Gasteiger partial charge in [0.2, 0.25) is 5.95 Å². The molecule has 2 heterocycles. The fourth-order valence-corrected chi connectivity index (χ4v) is 2.75. The molecule has 0 atom stereocenters. The van der Waals surface area contributed by atoms with Crippen molar-refractivity contribution >= 4 is 16.9 Å². The van der Waals surface area contributed by atoms with Gasteiger partial charge in [-0.3, -0.25) is 5.10 Å². The highest BCUT2D eigenvalue weighted by atomic mass is 19.4. The Labute approximate surface area is 144 Å². The van der Waals surface area contributed by atoms with Crippen LogP contribution in [0.4, 0.5) is 19.1 Å². The van der Waals surface area contributed by atoms with Gasteiger partial charge in [-0.15, -0.1) is 10.2 Å². The number of fused-ring (bicyclic) bond motifs is 1. The normalized spacial score (nSPS) is 11.8. The summed E-state index contributed by atoms with van der Waals surface area (Å²) in [5, 5.41) is 14.1. The maximum absolute atomic E-state index is 13.5. The van der Waals surface area contributed by atoms with Crippen molar-refractivity contribution in [1.82, 2.24) is 25.4 Å². The molecule has 0 aliphatic rings. The van der Waals surface area contributed by atoms with Crippen LogP contribution in [-0.4, -0.2) is 25.4 Å². The summed E-state index contributed by atoms with van der Waals surface area (Å²) in [5.74, 6) is -0.0620. The number of nitrogens with zero attached hydrogens (tertiary/aromatic N) is 4. The van der Waals surface area contributed by atoms with Crippen molar-refractivity contribution in [1.29, 1.82) is 0 Å². The average molecular weight is 356 g/mol. The second-order valence-electron chi connectivity index (χ2n) is 5.59. The number of anilines is 1. The number of hydrogen-bond acceptors (Lipinski definition) is 5. The minimum Gasteiger partial charge on any atom is -0.366 e. The van der Waals surface area contributed by atoms with E-state index in [-0.39, 0.29) is 22.7 Å². The van der Waals surface area contributed by atoms with Crippen LogP contribution in [0.3, 0.4) is 0 Å². The molecule has 2 aromatic carbocycles. The van der Waals surface area contributed by atoms with Crippen LogP contribution in [0.1, 0.15) is 5.56 Å². The first-order valence-corrected chi connectivity index (χ1v) is 7.54. The molecule has 0 amide bonds. The Morgan fingerprint density at radius 3 is 2.42 bits per heavy atom. The van der Waals surface area contributed by atoms with Gasteiger partial charge in [-0.1, -0.05) is 30.3 Å². The lowest BCUT2D eigenvalue weighted by Gasteiger charge is -2.12. The van der Waals surface area contributed by atoms with Gasteiger partial charge >= 0.3 is 6.18 Å². The zero-order valence-electron chi connectivity index (χ0n) is 13.1. The highest BCUT2D eigenvalue weighted by molar-refractivity contribution is 5.89. The summed E-state index contributed by atoms with van der Waals surface area (Å²) in [7, 11) is 0. The first kappa shape index (κ1) is 16.0. The minimum atomic E-state index is -4.55. The molecule has 0 bridgehead atoms. The van der Waals surface area contributed by atoms with Crippen LogP contribution in [0.15, 0.2) is 48.7 Å². The highest BCUT2D eigenvalue weighted by Crippen LogP contribution is 2.38. The van der Waals surface area contributed by atoms with Gasteiger partial charge in [0.1, 0.15) is 11.4 Å².